The second-order valence-electron chi connectivity index (χ2n) is 7.89. The zero-order chi connectivity index (χ0) is 23.2. The number of ether oxygens (including phenoxy) is 1. The van der Waals surface area contributed by atoms with Crippen molar-refractivity contribution in [1.82, 2.24) is 19.4 Å². The minimum atomic E-state index is -0.144. The summed E-state index contributed by atoms with van der Waals surface area (Å²) in [6.07, 6.45) is 3.39. The first-order valence-corrected chi connectivity index (χ1v) is 11.6. The lowest BCUT2D eigenvalue weighted by molar-refractivity contribution is 0.186. The molecule has 0 amide bonds. The first kappa shape index (κ1) is 23.2. The van der Waals surface area contributed by atoms with Crippen LogP contribution in [0.25, 0.3) is 0 Å². The molecular formula is C23H28BrN7O2. The van der Waals surface area contributed by atoms with Crippen LogP contribution in [-0.2, 0) is 11.3 Å². The Morgan fingerprint density at radius 2 is 1.85 bits per heavy atom. The lowest BCUT2D eigenvalue weighted by Crippen LogP contribution is -2.44. The van der Waals surface area contributed by atoms with Gasteiger partial charge >= 0.3 is 0 Å². The van der Waals surface area contributed by atoms with Gasteiger partial charge in [-0.2, -0.15) is 4.98 Å². The Labute approximate surface area is 201 Å². The van der Waals surface area contributed by atoms with E-state index in [1.54, 1.807) is 30.1 Å². The average Bonchev–Trinajstić information content (AvgIpc) is 2.83. The molecule has 1 fully saturated rings. The average molecular weight is 514 g/mol. The number of methoxy groups -OCH3 is 1. The van der Waals surface area contributed by atoms with Crippen molar-refractivity contribution in [2.24, 2.45) is 0 Å². The number of aromatic nitrogens is 3. The molecule has 1 aliphatic rings. The Hall–Kier alpha value is -2.95. The van der Waals surface area contributed by atoms with Gasteiger partial charge in [0.05, 0.1) is 11.1 Å². The van der Waals surface area contributed by atoms with E-state index in [2.05, 4.69) is 65.5 Å². The maximum Gasteiger partial charge on any atom is 0.274 e. The lowest BCUT2D eigenvalue weighted by Gasteiger charge is -2.34. The van der Waals surface area contributed by atoms with E-state index in [0.29, 0.717) is 35.1 Å². The molecule has 3 aromatic rings. The fraction of sp³-hybridized carbons (Fsp3) is 0.348. The van der Waals surface area contributed by atoms with E-state index in [9.17, 15) is 4.79 Å². The van der Waals surface area contributed by atoms with Gasteiger partial charge in [-0.05, 0) is 59.4 Å². The van der Waals surface area contributed by atoms with Gasteiger partial charge in [-0.15, -0.1) is 0 Å². The third-order valence-corrected chi connectivity index (χ3v) is 6.13. The highest BCUT2D eigenvalue weighted by atomic mass is 79.9. The standard InChI is InChI=1S/C23H28BrN7O2/c1-29-10-12-30(13-11-29)18-7-5-17(6-8-18)26-23-25-16-19(24)21(28-23)27-20-4-3-9-31(22(20)32)14-15-33-2/h3-9,16H,10-15H2,1-2H3,(H2,25,26,27,28). The van der Waals surface area contributed by atoms with Crippen LogP contribution in [0.3, 0.4) is 0 Å². The van der Waals surface area contributed by atoms with E-state index in [0.717, 1.165) is 31.9 Å². The van der Waals surface area contributed by atoms with Crippen LogP contribution >= 0.6 is 15.9 Å². The number of nitrogens with one attached hydrogen (secondary N) is 2. The summed E-state index contributed by atoms with van der Waals surface area (Å²) in [4.78, 5) is 26.3. The molecule has 0 bridgehead atoms. The molecule has 10 heteroatoms. The molecule has 2 aromatic heterocycles. The summed E-state index contributed by atoms with van der Waals surface area (Å²) < 4.78 is 7.33. The number of nitrogens with zero attached hydrogens (tertiary/aromatic N) is 5. The number of piperazine rings is 1. The van der Waals surface area contributed by atoms with Crippen LogP contribution in [0.4, 0.5) is 28.8 Å². The molecule has 0 atom stereocenters. The van der Waals surface area contributed by atoms with Crippen molar-refractivity contribution in [2.45, 2.75) is 6.54 Å². The van der Waals surface area contributed by atoms with Gasteiger partial charge in [0.2, 0.25) is 5.95 Å². The monoisotopic (exact) mass is 513 g/mol. The quantitative estimate of drug-likeness (QED) is 0.474. The van der Waals surface area contributed by atoms with Gasteiger partial charge in [-0.25, -0.2) is 4.98 Å². The van der Waals surface area contributed by atoms with Crippen molar-refractivity contribution in [3.05, 3.63) is 63.6 Å². The predicted octanol–water partition coefficient (Wildman–Crippen LogP) is 3.29. The Bertz CT molecular complexity index is 1130. The van der Waals surface area contributed by atoms with Crippen molar-refractivity contribution in [3.8, 4) is 0 Å². The number of anilines is 5. The predicted molar refractivity (Wildman–Crippen MR) is 135 cm³/mol. The van der Waals surface area contributed by atoms with Crippen molar-refractivity contribution < 1.29 is 4.74 Å². The molecule has 0 aliphatic carbocycles. The van der Waals surface area contributed by atoms with Crippen LogP contribution in [0.5, 0.6) is 0 Å². The Balaban J connectivity index is 1.46. The zero-order valence-electron chi connectivity index (χ0n) is 18.8. The van der Waals surface area contributed by atoms with Gasteiger partial charge in [0, 0.05) is 63.6 Å². The van der Waals surface area contributed by atoms with Gasteiger partial charge in [-0.3, -0.25) is 4.79 Å². The molecular weight excluding hydrogens is 486 g/mol. The smallest absolute Gasteiger partial charge is 0.274 e. The minimum Gasteiger partial charge on any atom is -0.383 e. The van der Waals surface area contributed by atoms with Crippen LogP contribution in [0.1, 0.15) is 0 Å². The maximum absolute atomic E-state index is 12.7. The first-order chi connectivity index (χ1) is 16.0. The summed E-state index contributed by atoms with van der Waals surface area (Å²) in [6.45, 7) is 5.14. The van der Waals surface area contributed by atoms with E-state index in [1.807, 2.05) is 18.2 Å². The summed E-state index contributed by atoms with van der Waals surface area (Å²) in [5, 5.41) is 6.36. The van der Waals surface area contributed by atoms with E-state index in [-0.39, 0.29) is 5.56 Å². The number of hydrogen-bond acceptors (Lipinski definition) is 8. The minimum absolute atomic E-state index is 0.144. The highest BCUT2D eigenvalue weighted by molar-refractivity contribution is 9.10. The number of halogens is 1. The summed E-state index contributed by atoms with van der Waals surface area (Å²) in [5.41, 5.74) is 2.38. The fourth-order valence-corrected chi connectivity index (χ4v) is 3.88. The molecule has 0 spiro atoms. The summed E-state index contributed by atoms with van der Waals surface area (Å²) >= 11 is 3.46. The molecule has 2 N–H and O–H groups in total. The van der Waals surface area contributed by atoms with Crippen LogP contribution in [-0.4, -0.2) is 66.4 Å². The second-order valence-corrected chi connectivity index (χ2v) is 8.74. The highest BCUT2D eigenvalue weighted by Crippen LogP contribution is 2.25. The highest BCUT2D eigenvalue weighted by Gasteiger charge is 2.14. The summed E-state index contributed by atoms with van der Waals surface area (Å²) in [6, 6.07) is 11.8. The fourth-order valence-electron chi connectivity index (χ4n) is 3.59. The molecule has 174 valence electrons. The second kappa shape index (κ2) is 10.8. The number of pyridine rings is 1. The Kier molecular flexibility index (Phi) is 7.58. The van der Waals surface area contributed by atoms with E-state index in [1.165, 1.54) is 5.69 Å². The molecule has 4 rings (SSSR count). The molecule has 0 radical (unpaired) electrons. The van der Waals surface area contributed by atoms with Crippen molar-refractivity contribution in [3.63, 3.8) is 0 Å². The normalized spacial score (nSPS) is 14.3. The molecule has 1 aromatic carbocycles. The van der Waals surface area contributed by atoms with Gasteiger partial charge in [-0.1, -0.05) is 0 Å². The van der Waals surface area contributed by atoms with Gasteiger partial charge in [0.15, 0.2) is 5.82 Å². The van der Waals surface area contributed by atoms with Gasteiger partial charge in [0.25, 0.3) is 5.56 Å². The number of likely N-dealkylation sites (N-methyl/N-ethyl adjacent to an activating group) is 1. The number of rotatable bonds is 8. The zero-order valence-corrected chi connectivity index (χ0v) is 20.4. The van der Waals surface area contributed by atoms with Crippen molar-refractivity contribution >= 4 is 44.8 Å². The van der Waals surface area contributed by atoms with Crippen LogP contribution < -0.4 is 21.1 Å². The summed E-state index contributed by atoms with van der Waals surface area (Å²) in [7, 11) is 3.76. The molecule has 0 saturated carbocycles. The third kappa shape index (κ3) is 5.89. The summed E-state index contributed by atoms with van der Waals surface area (Å²) in [5.74, 6) is 0.937. The maximum atomic E-state index is 12.7. The van der Waals surface area contributed by atoms with E-state index < -0.39 is 0 Å². The molecule has 1 aliphatic heterocycles. The van der Waals surface area contributed by atoms with Crippen molar-refractivity contribution in [1.29, 1.82) is 0 Å². The van der Waals surface area contributed by atoms with Crippen LogP contribution in [0.2, 0.25) is 0 Å². The molecule has 0 unspecified atom stereocenters. The SMILES string of the molecule is COCCn1cccc(Nc2nc(Nc3ccc(N4CCN(C)CC4)cc3)ncc2Br)c1=O. The molecule has 1 saturated heterocycles. The van der Waals surface area contributed by atoms with Crippen LogP contribution in [0, 0.1) is 0 Å². The molecule has 33 heavy (non-hydrogen) atoms. The topological polar surface area (TPSA) is 87.6 Å². The van der Waals surface area contributed by atoms with E-state index in [4.69, 9.17) is 4.74 Å². The third-order valence-electron chi connectivity index (χ3n) is 5.55. The van der Waals surface area contributed by atoms with Gasteiger partial charge in [0.1, 0.15) is 5.69 Å². The number of hydrogen-bond donors (Lipinski definition) is 2. The number of benzene rings is 1. The lowest BCUT2D eigenvalue weighted by atomic mass is 10.2. The first-order valence-electron chi connectivity index (χ1n) is 10.8. The molecule has 9 nitrogen and oxygen atoms in total. The Morgan fingerprint density at radius 3 is 2.58 bits per heavy atom. The van der Waals surface area contributed by atoms with Gasteiger partial charge < -0.3 is 29.7 Å². The molecule has 3 heterocycles. The Morgan fingerprint density at radius 1 is 1.09 bits per heavy atom. The van der Waals surface area contributed by atoms with Crippen molar-refractivity contribution in [2.75, 3.05) is 62.5 Å². The van der Waals surface area contributed by atoms with Crippen LogP contribution in [0.15, 0.2) is 58.1 Å². The van der Waals surface area contributed by atoms with E-state index >= 15 is 0 Å². The largest absolute Gasteiger partial charge is 0.383 e.